The average Bonchev–Trinajstić information content (AvgIpc) is 3.49. The zero-order valence-electron chi connectivity index (χ0n) is 21.4. The number of carbonyl (C=O) groups excluding carboxylic acids is 3. The normalized spacial score (nSPS) is 17.7. The molecule has 234 valence electrons. The summed E-state index contributed by atoms with van der Waals surface area (Å²) < 4.78 is 107. The third-order valence-electron chi connectivity index (χ3n) is 6.80. The van der Waals surface area contributed by atoms with Crippen LogP contribution in [0.25, 0.3) is 0 Å². The van der Waals surface area contributed by atoms with Crippen molar-refractivity contribution in [2.75, 3.05) is 5.32 Å². The monoisotopic (exact) mass is 705 g/mol. The Morgan fingerprint density at radius 1 is 0.864 bits per heavy atom. The molecule has 0 saturated heterocycles. The third kappa shape index (κ3) is 6.98. The Kier molecular flexibility index (Phi) is 9.34. The van der Waals surface area contributed by atoms with Gasteiger partial charge < -0.3 is 5.32 Å². The molecule has 1 fully saturated rings. The van der Waals surface area contributed by atoms with Gasteiger partial charge in [-0.1, -0.05) is 23.7 Å². The zero-order chi connectivity index (χ0) is 32.9. The van der Waals surface area contributed by atoms with Gasteiger partial charge in [-0.15, -0.1) is 23.2 Å². The van der Waals surface area contributed by atoms with E-state index in [1.165, 1.54) is 12.1 Å². The van der Waals surface area contributed by atoms with Crippen molar-refractivity contribution in [3.05, 3.63) is 98.8 Å². The van der Waals surface area contributed by atoms with Gasteiger partial charge in [0, 0.05) is 35.6 Å². The summed E-state index contributed by atoms with van der Waals surface area (Å²) in [4.78, 5) is 37.5. The minimum atomic E-state index is -5.02. The minimum Gasteiger partial charge on any atom is -0.326 e. The summed E-state index contributed by atoms with van der Waals surface area (Å²) in [7, 11) is 0. The summed E-state index contributed by atoms with van der Waals surface area (Å²) in [6.45, 7) is 0. The van der Waals surface area contributed by atoms with Crippen LogP contribution in [0.15, 0.2) is 48.5 Å². The lowest BCUT2D eigenvalue weighted by atomic mass is 9.98. The van der Waals surface area contributed by atoms with Crippen LogP contribution in [0.2, 0.25) is 5.02 Å². The molecule has 0 spiro atoms. The van der Waals surface area contributed by atoms with Crippen molar-refractivity contribution in [1.82, 2.24) is 0 Å². The quantitative estimate of drug-likeness (QED) is 0.138. The fraction of sp³-hybridized carbons (Fsp3) is 0.250. The Hall–Kier alpha value is -2.93. The molecule has 0 bridgehead atoms. The van der Waals surface area contributed by atoms with E-state index in [2.05, 4.69) is 16.9 Å². The molecule has 1 aliphatic rings. The molecule has 0 radical (unpaired) electrons. The van der Waals surface area contributed by atoms with Crippen LogP contribution in [0.5, 0.6) is 0 Å². The van der Waals surface area contributed by atoms with Gasteiger partial charge in [0.2, 0.25) is 11.7 Å². The van der Waals surface area contributed by atoms with E-state index in [9.17, 15) is 49.5 Å². The average molecular weight is 707 g/mol. The number of carbonyl (C=O) groups is 3. The van der Waals surface area contributed by atoms with E-state index in [0.717, 1.165) is 18.2 Å². The van der Waals surface area contributed by atoms with E-state index in [0.29, 0.717) is 18.2 Å². The first kappa shape index (κ1) is 34.0. The highest BCUT2D eigenvalue weighted by molar-refractivity contribution is 6.53. The number of nitrogens with one attached hydrogen (secondary N) is 1. The van der Waals surface area contributed by atoms with Gasteiger partial charge in [0.1, 0.15) is 21.8 Å². The smallest absolute Gasteiger partial charge is 0.326 e. The van der Waals surface area contributed by atoms with Crippen molar-refractivity contribution in [1.29, 1.82) is 0 Å². The summed E-state index contributed by atoms with van der Waals surface area (Å²) in [6.07, 6.45) is -7.18. The minimum absolute atomic E-state index is 0.0529. The van der Waals surface area contributed by atoms with Crippen molar-refractivity contribution in [2.24, 2.45) is 5.92 Å². The molecular formula is C28H15Cl4F8NO3. The van der Waals surface area contributed by atoms with E-state index >= 15 is 0 Å². The first-order valence-electron chi connectivity index (χ1n) is 12.2. The van der Waals surface area contributed by atoms with Gasteiger partial charge in [-0.2, -0.15) is 22.0 Å². The van der Waals surface area contributed by atoms with Crippen molar-refractivity contribution in [3.63, 3.8) is 0 Å². The Balaban J connectivity index is 1.53. The molecule has 4 nitrogen and oxygen atoms in total. The first-order chi connectivity index (χ1) is 20.2. The number of rotatable bonds is 9. The fourth-order valence-corrected chi connectivity index (χ4v) is 5.65. The Bertz CT molecular complexity index is 1670. The number of hydrogen-bond donors (Lipinski definition) is 1. The standard InChI is InChI=1S/C28H15Cl4F8NO3/c29-17-4-3-13(41-25(44)23-22(26(23,30)31)11-1-6-19(34)16(7-11)28(38,39)40)9-14(17)20(42)8-12-2-5-18(33)15(24(12)35)10-21(43)27(32,36)37/h1-7,9,22-23H,8,10H2,(H,41,44)/t22-,23+/m0/s1. The maximum Gasteiger partial charge on any atom is 0.419 e. The summed E-state index contributed by atoms with van der Waals surface area (Å²) in [6, 6.07) is 7.16. The summed E-state index contributed by atoms with van der Waals surface area (Å²) in [5, 5.41) is -2.13. The highest BCUT2D eigenvalue weighted by Crippen LogP contribution is 2.65. The third-order valence-corrected chi connectivity index (χ3v) is 8.28. The SMILES string of the molecule is O=C(Cc1ccc(F)c(CC(=O)C(F)(F)Cl)c1F)c1cc(NC(=O)[C@H]2[C@H](c3ccc(F)c(C(F)(F)F)c3)C2(Cl)Cl)ccc1Cl. The molecule has 0 heterocycles. The number of anilines is 1. The van der Waals surface area contributed by atoms with Crippen LogP contribution in [0.4, 0.5) is 40.8 Å². The van der Waals surface area contributed by atoms with Crippen molar-refractivity contribution in [2.45, 2.75) is 34.7 Å². The van der Waals surface area contributed by atoms with E-state index < -0.39 is 92.2 Å². The molecule has 3 aromatic rings. The number of halogens is 12. The lowest BCUT2D eigenvalue weighted by molar-refractivity contribution is -0.140. The highest BCUT2D eigenvalue weighted by atomic mass is 35.5. The van der Waals surface area contributed by atoms with Gasteiger partial charge in [0.15, 0.2) is 5.78 Å². The molecule has 44 heavy (non-hydrogen) atoms. The highest BCUT2D eigenvalue weighted by Gasteiger charge is 2.67. The summed E-state index contributed by atoms with van der Waals surface area (Å²) in [5.41, 5.74) is -3.52. The summed E-state index contributed by atoms with van der Waals surface area (Å²) in [5.74, 6) is -10.4. The second-order valence-corrected chi connectivity index (χ2v) is 12.1. The molecule has 3 aromatic carbocycles. The number of benzene rings is 3. The molecule has 1 N–H and O–H groups in total. The Morgan fingerprint density at radius 3 is 2.11 bits per heavy atom. The molecule has 4 rings (SSSR count). The largest absolute Gasteiger partial charge is 0.419 e. The van der Waals surface area contributed by atoms with Crippen LogP contribution in [0.1, 0.15) is 38.5 Å². The van der Waals surface area contributed by atoms with Crippen molar-refractivity contribution < 1.29 is 49.5 Å². The van der Waals surface area contributed by atoms with Gasteiger partial charge in [-0.05, 0) is 59.1 Å². The predicted molar refractivity (Wildman–Crippen MR) is 146 cm³/mol. The fourth-order valence-electron chi connectivity index (χ4n) is 4.53. The number of alkyl halides is 8. The van der Waals surface area contributed by atoms with Crippen molar-refractivity contribution in [3.8, 4) is 0 Å². The predicted octanol–water partition coefficient (Wildman–Crippen LogP) is 8.67. The Morgan fingerprint density at radius 2 is 1.50 bits per heavy atom. The van der Waals surface area contributed by atoms with Crippen LogP contribution in [0, 0.1) is 23.4 Å². The number of amides is 1. The number of ketones is 2. The van der Waals surface area contributed by atoms with Gasteiger partial charge in [0.25, 0.3) is 0 Å². The maximum atomic E-state index is 14.9. The van der Waals surface area contributed by atoms with Gasteiger partial charge in [-0.25, -0.2) is 13.2 Å². The van der Waals surface area contributed by atoms with Crippen molar-refractivity contribution >= 4 is 69.6 Å². The molecular weight excluding hydrogens is 692 g/mol. The molecule has 16 heteroatoms. The molecule has 0 aromatic heterocycles. The summed E-state index contributed by atoms with van der Waals surface area (Å²) >= 11 is 23.1. The van der Waals surface area contributed by atoms with Crippen LogP contribution in [-0.4, -0.2) is 27.2 Å². The van der Waals surface area contributed by atoms with E-state index in [-0.39, 0.29) is 21.8 Å². The van der Waals surface area contributed by atoms with Crippen LogP contribution < -0.4 is 5.32 Å². The second-order valence-electron chi connectivity index (χ2n) is 9.75. The topological polar surface area (TPSA) is 63.2 Å². The van der Waals surface area contributed by atoms with Gasteiger partial charge >= 0.3 is 11.6 Å². The van der Waals surface area contributed by atoms with E-state index in [1.54, 1.807) is 0 Å². The molecule has 0 unspecified atom stereocenters. The molecule has 1 aliphatic carbocycles. The van der Waals surface area contributed by atoms with Crippen LogP contribution in [0.3, 0.4) is 0 Å². The maximum absolute atomic E-state index is 14.9. The number of hydrogen-bond acceptors (Lipinski definition) is 3. The van der Waals surface area contributed by atoms with Gasteiger partial charge in [0.05, 0.1) is 16.5 Å². The molecule has 2 atom stereocenters. The van der Waals surface area contributed by atoms with E-state index in [4.69, 9.17) is 34.8 Å². The van der Waals surface area contributed by atoms with Crippen LogP contribution >= 0.6 is 46.4 Å². The lowest BCUT2D eigenvalue weighted by Crippen LogP contribution is -2.24. The second kappa shape index (κ2) is 12.1. The molecule has 1 amide bonds. The molecule has 0 aliphatic heterocycles. The van der Waals surface area contributed by atoms with E-state index in [1.807, 2.05) is 0 Å². The molecule has 1 saturated carbocycles. The first-order valence-corrected chi connectivity index (χ1v) is 13.7. The number of Topliss-reactive ketones (excluding diaryl/α,β-unsaturated/α-hetero) is 2. The lowest BCUT2D eigenvalue weighted by Gasteiger charge is -2.12. The zero-order valence-corrected chi connectivity index (χ0v) is 24.5. The van der Waals surface area contributed by atoms with Gasteiger partial charge in [-0.3, -0.25) is 14.4 Å². The Labute approximate surface area is 263 Å². The van der Waals surface area contributed by atoms with Crippen LogP contribution in [-0.2, 0) is 28.6 Å².